The standard InChI is InChI=1S/C16H16N8OS/c1-11-8-13(24-15(19-11)17-10-18-24)21-2-4-22(5-3-21)14(25)12-9-23-6-7-26-16(23)20-12/h6-10H,2-5H2,1H3. The van der Waals surface area contributed by atoms with Gasteiger partial charge in [0.25, 0.3) is 11.7 Å². The second kappa shape index (κ2) is 5.77. The molecule has 0 N–H and O–H groups in total. The average molecular weight is 368 g/mol. The number of anilines is 1. The Morgan fingerprint density at radius 2 is 2.04 bits per heavy atom. The summed E-state index contributed by atoms with van der Waals surface area (Å²) in [6.07, 6.45) is 5.22. The van der Waals surface area contributed by atoms with E-state index in [9.17, 15) is 4.79 Å². The molecule has 0 unspecified atom stereocenters. The van der Waals surface area contributed by atoms with Gasteiger partial charge >= 0.3 is 0 Å². The fraction of sp³-hybridized carbons (Fsp3) is 0.312. The number of amides is 1. The van der Waals surface area contributed by atoms with Gasteiger partial charge in [0.1, 0.15) is 17.8 Å². The molecule has 9 nitrogen and oxygen atoms in total. The molecular formula is C16H16N8OS. The summed E-state index contributed by atoms with van der Waals surface area (Å²) in [5.41, 5.74) is 1.40. The van der Waals surface area contributed by atoms with Crippen molar-refractivity contribution in [1.29, 1.82) is 0 Å². The molecule has 26 heavy (non-hydrogen) atoms. The minimum atomic E-state index is -0.0163. The number of nitrogens with zero attached hydrogens (tertiary/aromatic N) is 8. The third-order valence-corrected chi connectivity index (χ3v) is 5.34. The van der Waals surface area contributed by atoms with Gasteiger partial charge in [0.2, 0.25) is 0 Å². The first-order valence-electron chi connectivity index (χ1n) is 8.33. The molecule has 1 fully saturated rings. The normalized spacial score (nSPS) is 15.3. The number of fused-ring (bicyclic) bond motifs is 2. The number of piperazine rings is 1. The fourth-order valence-electron chi connectivity index (χ4n) is 3.27. The van der Waals surface area contributed by atoms with E-state index in [2.05, 4.69) is 25.0 Å². The largest absolute Gasteiger partial charge is 0.353 e. The van der Waals surface area contributed by atoms with Crippen LogP contribution in [-0.4, -0.2) is 66.0 Å². The van der Waals surface area contributed by atoms with Crippen LogP contribution < -0.4 is 4.90 Å². The summed E-state index contributed by atoms with van der Waals surface area (Å²) < 4.78 is 3.63. The molecule has 1 aliphatic rings. The van der Waals surface area contributed by atoms with Crippen LogP contribution in [0.15, 0.2) is 30.2 Å². The molecule has 1 aliphatic heterocycles. The zero-order chi connectivity index (χ0) is 17.7. The van der Waals surface area contributed by atoms with Gasteiger partial charge in [0.05, 0.1) is 0 Å². The van der Waals surface area contributed by atoms with Crippen LogP contribution in [0.2, 0.25) is 0 Å². The number of rotatable bonds is 2. The average Bonchev–Trinajstić information content (AvgIpc) is 3.36. The van der Waals surface area contributed by atoms with Crippen LogP contribution in [-0.2, 0) is 0 Å². The van der Waals surface area contributed by atoms with Crippen molar-refractivity contribution in [3.8, 4) is 0 Å². The maximum absolute atomic E-state index is 12.7. The first-order valence-corrected chi connectivity index (χ1v) is 9.21. The molecule has 0 saturated carbocycles. The van der Waals surface area contributed by atoms with Crippen LogP contribution in [0.5, 0.6) is 0 Å². The van der Waals surface area contributed by atoms with E-state index >= 15 is 0 Å². The Kier molecular flexibility index (Phi) is 3.38. The summed E-state index contributed by atoms with van der Waals surface area (Å²) in [6.45, 7) is 4.68. The Labute approximate surface area is 152 Å². The molecular weight excluding hydrogens is 352 g/mol. The highest BCUT2D eigenvalue weighted by Crippen LogP contribution is 2.19. The first kappa shape index (κ1) is 15.3. The number of hydrogen-bond acceptors (Lipinski definition) is 7. The molecule has 132 valence electrons. The number of hydrogen-bond donors (Lipinski definition) is 0. The van der Waals surface area contributed by atoms with E-state index in [0.717, 1.165) is 29.6 Å². The van der Waals surface area contributed by atoms with E-state index in [-0.39, 0.29) is 5.91 Å². The van der Waals surface area contributed by atoms with E-state index in [0.29, 0.717) is 24.6 Å². The zero-order valence-corrected chi connectivity index (χ0v) is 14.9. The second-order valence-electron chi connectivity index (χ2n) is 6.23. The first-order chi connectivity index (χ1) is 12.7. The summed E-state index contributed by atoms with van der Waals surface area (Å²) in [6, 6.07) is 2.00. The smallest absolute Gasteiger partial charge is 0.274 e. The van der Waals surface area contributed by atoms with Crippen LogP contribution in [0.3, 0.4) is 0 Å². The maximum Gasteiger partial charge on any atom is 0.274 e. The molecule has 0 radical (unpaired) electrons. The zero-order valence-electron chi connectivity index (χ0n) is 14.1. The number of thiazole rings is 1. The predicted octanol–water partition coefficient (Wildman–Crippen LogP) is 1.10. The topological polar surface area (TPSA) is 83.9 Å². The minimum Gasteiger partial charge on any atom is -0.353 e. The third-order valence-electron chi connectivity index (χ3n) is 4.56. The maximum atomic E-state index is 12.7. The lowest BCUT2D eigenvalue weighted by atomic mass is 10.2. The Bertz CT molecular complexity index is 1080. The molecule has 5 rings (SSSR count). The molecule has 5 heterocycles. The number of aromatic nitrogens is 6. The third kappa shape index (κ3) is 2.41. The summed E-state index contributed by atoms with van der Waals surface area (Å²) in [5.74, 6) is 1.54. The van der Waals surface area contributed by atoms with E-state index < -0.39 is 0 Å². The van der Waals surface area contributed by atoms with Gasteiger partial charge in [-0.2, -0.15) is 14.6 Å². The molecule has 1 saturated heterocycles. The van der Waals surface area contributed by atoms with Crippen molar-refractivity contribution >= 4 is 33.8 Å². The van der Waals surface area contributed by atoms with E-state index in [1.54, 1.807) is 10.7 Å². The van der Waals surface area contributed by atoms with Gasteiger partial charge in [-0.3, -0.25) is 9.20 Å². The molecule has 4 aromatic heterocycles. The molecule has 0 aliphatic carbocycles. The van der Waals surface area contributed by atoms with Crippen molar-refractivity contribution in [2.75, 3.05) is 31.1 Å². The van der Waals surface area contributed by atoms with Gasteiger partial charge < -0.3 is 9.80 Å². The van der Waals surface area contributed by atoms with Gasteiger partial charge in [0, 0.05) is 55.7 Å². The number of carbonyl (C=O) groups excluding carboxylic acids is 1. The predicted molar refractivity (Wildman–Crippen MR) is 96.7 cm³/mol. The van der Waals surface area contributed by atoms with Gasteiger partial charge in [-0.15, -0.1) is 11.3 Å². The van der Waals surface area contributed by atoms with Crippen molar-refractivity contribution in [3.05, 3.63) is 41.6 Å². The van der Waals surface area contributed by atoms with Crippen LogP contribution in [0.1, 0.15) is 16.2 Å². The molecule has 4 aromatic rings. The monoisotopic (exact) mass is 368 g/mol. The Morgan fingerprint density at radius 3 is 2.85 bits per heavy atom. The lowest BCUT2D eigenvalue weighted by molar-refractivity contribution is 0.0741. The molecule has 0 bridgehead atoms. The molecule has 0 spiro atoms. The van der Waals surface area contributed by atoms with Crippen LogP contribution in [0.4, 0.5) is 5.82 Å². The quantitative estimate of drug-likeness (QED) is 0.527. The molecule has 0 atom stereocenters. The van der Waals surface area contributed by atoms with Crippen molar-refractivity contribution in [2.45, 2.75) is 6.92 Å². The van der Waals surface area contributed by atoms with Crippen LogP contribution in [0, 0.1) is 6.92 Å². The summed E-state index contributed by atoms with van der Waals surface area (Å²) in [4.78, 5) is 30.6. The van der Waals surface area contributed by atoms with Gasteiger partial charge in [-0.25, -0.2) is 9.97 Å². The van der Waals surface area contributed by atoms with E-state index in [1.165, 1.54) is 17.7 Å². The molecule has 0 aromatic carbocycles. The van der Waals surface area contributed by atoms with E-state index in [4.69, 9.17) is 0 Å². The minimum absolute atomic E-state index is 0.0163. The van der Waals surface area contributed by atoms with Gasteiger partial charge in [-0.05, 0) is 6.92 Å². The Hall–Kier alpha value is -3.01. The lowest BCUT2D eigenvalue weighted by Gasteiger charge is -2.35. The van der Waals surface area contributed by atoms with Crippen LogP contribution >= 0.6 is 11.3 Å². The Balaban J connectivity index is 1.34. The summed E-state index contributed by atoms with van der Waals surface area (Å²) in [5, 5.41) is 6.22. The highest BCUT2D eigenvalue weighted by Gasteiger charge is 2.25. The summed E-state index contributed by atoms with van der Waals surface area (Å²) in [7, 11) is 0. The van der Waals surface area contributed by atoms with Crippen LogP contribution in [0.25, 0.3) is 10.7 Å². The van der Waals surface area contributed by atoms with Gasteiger partial charge in [0.15, 0.2) is 4.96 Å². The Morgan fingerprint density at radius 1 is 1.19 bits per heavy atom. The van der Waals surface area contributed by atoms with Gasteiger partial charge in [-0.1, -0.05) is 0 Å². The number of imidazole rings is 1. The van der Waals surface area contributed by atoms with E-state index in [1.807, 2.05) is 33.9 Å². The number of aryl methyl sites for hydroxylation is 1. The van der Waals surface area contributed by atoms with Crippen molar-refractivity contribution in [1.82, 2.24) is 33.9 Å². The summed E-state index contributed by atoms with van der Waals surface area (Å²) >= 11 is 1.52. The number of carbonyl (C=O) groups is 1. The highest BCUT2D eigenvalue weighted by molar-refractivity contribution is 7.15. The van der Waals surface area contributed by atoms with Crippen molar-refractivity contribution in [3.63, 3.8) is 0 Å². The fourth-order valence-corrected chi connectivity index (χ4v) is 3.97. The lowest BCUT2D eigenvalue weighted by Crippen LogP contribution is -2.49. The second-order valence-corrected chi connectivity index (χ2v) is 7.10. The molecule has 10 heteroatoms. The SMILES string of the molecule is Cc1cc(N2CCN(C(=O)c3cn4ccsc4n3)CC2)n2ncnc2n1. The molecule has 1 amide bonds. The highest BCUT2D eigenvalue weighted by atomic mass is 32.1. The van der Waals surface area contributed by atoms with Crippen molar-refractivity contribution < 1.29 is 4.79 Å². The van der Waals surface area contributed by atoms with Crippen molar-refractivity contribution in [2.24, 2.45) is 0 Å².